The quantitative estimate of drug-likeness (QED) is 0.679. The van der Waals surface area contributed by atoms with Crippen molar-refractivity contribution in [1.29, 1.82) is 0 Å². The van der Waals surface area contributed by atoms with Crippen molar-refractivity contribution in [3.05, 3.63) is 18.2 Å². The lowest BCUT2D eigenvalue weighted by Crippen LogP contribution is -2.25. The largest absolute Gasteiger partial charge is 0.347 e. The lowest BCUT2D eigenvalue weighted by atomic mass is 10.4. The van der Waals surface area contributed by atoms with Gasteiger partial charge in [-0.2, -0.15) is 0 Å². The van der Waals surface area contributed by atoms with Gasteiger partial charge in [-0.05, 0) is 0 Å². The number of rotatable bonds is 3. The lowest BCUT2D eigenvalue weighted by molar-refractivity contribution is -0.129. The zero-order valence-corrected chi connectivity index (χ0v) is 7.45. The molecule has 1 aromatic rings. The third-order valence-corrected chi connectivity index (χ3v) is 1.62. The minimum Gasteiger partial charge on any atom is -0.347 e. The maximum atomic E-state index is 11.2. The second-order valence-electron chi connectivity index (χ2n) is 2.67. The Morgan fingerprint density at radius 2 is 2.62 bits per heavy atom. The van der Waals surface area contributed by atoms with Crippen molar-refractivity contribution < 1.29 is 4.79 Å². The summed E-state index contributed by atoms with van der Waals surface area (Å²) in [7, 11) is 1.70. The van der Waals surface area contributed by atoms with Gasteiger partial charge < -0.3 is 9.88 Å². The predicted octanol–water partition coefficient (Wildman–Crippen LogP) is 0.391. The maximum Gasteiger partial charge on any atom is 0.234 e. The summed E-state index contributed by atoms with van der Waals surface area (Å²) in [4.78, 5) is 19.7. The highest BCUT2D eigenvalue weighted by Gasteiger charge is 2.07. The zero-order valence-electron chi connectivity index (χ0n) is 7.45. The number of imidazole rings is 1. The Hall–Kier alpha value is -1.76. The van der Waals surface area contributed by atoms with Gasteiger partial charge in [0.05, 0.1) is 13.0 Å². The van der Waals surface area contributed by atoms with Crippen LogP contribution >= 0.6 is 0 Å². The number of aromatic amines is 1. The van der Waals surface area contributed by atoms with E-state index in [2.05, 4.69) is 15.9 Å². The van der Waals surface area contributed by atoms with E-state index < -0.39 is 0 Å². The number of aromatic nitrogens is 2. The van der Waals surface area contributed by atoms with E-state index in [1.54, 1.807) is 24.3 Å². The molecule has 13 heavy (non-hydrogen) atoms. The van der Waals surface area contributed by atoms with Gasteiger partial charge in [0.2, 0.25) is 5.91 Å². The van der Waals surface area contributed by atoms with Crippen molar-refractivity contribution in [2.75, 3.05) is 7.05 Å². The minimum atomic E-state index is -0.0705. The lowest BCUT2D eigenvalue weighted by Gasteiger charge is -2.13. The fourth-order valence-corrected chi connectivity index (χ4v) is 0.920. The molecule has 1 N–H and O–H groups in total. The summed E-state index contributed by atoms with van der Waals surface area (Å²) in [6, 6.07) is 0. The molecule has 0 aliphatic heterocycles. The van der Waals surface area contributed by atoms with Crippen LogP contribution in [0.3, 0.4) is 0 Å². The summed E-state index contributed by atoms with van der Waals surface area (Å²) in [5, 5.41) is 0. The fraction of sp³-hybridized carbons (Fsp3) is 0.333. The molecular weight excluding hydrogens is 166 g/mol. The molecule has 1 rings (SSSR count). The van der Waals surface area contributed by atoms with E-state index in [9.17, 15) is 4.79 Å². The summed E-state index contributed by atoms with van der Waals surface area (Å²) in [5.74, 6) is 2.99. The standard InChI is InChI=1S/C9H11N3O/c1-3-4-9(13)12(2)7-8-10-5-6-11-8/h1,5-6H,4,7H2,2H3,(H,10,11). The number of carbonyl (C=O) groups is 1. The highest BCUT2D eigenvalue weighted by atomic mass is 16.2. The van der Waals surface area contributed by atoms with E-state index >= 15 is 0 Å². The van der Waals surface area contributed by atoms with Gasteiger partial charge >= 0.3 is 0 Å². The molecule has 4 nitrogen and oxygen atoms in total. The van der Waals surface area contributed by atoms with E-state index in [-0.39, 0.29) is 12.3 Å². The average molecular weight is 177 g/mol. The number of nitrogens with zero attached hydrogens (tertiary/aromatic N) is 2. The van der Waals surface area contributed by atoms with Crippen LogP contribution in [-0.4, -0.2) is 27.8 Å². The summed E-state index contributed by atoms with van der Waals surface area (Å²) in [6.07, 6.45) is 8.52. The highest BCUT2D eigenvalue weighted by molar-refractivity contribution is 5.78. The molecular formula is C9H11N3O. The van der Waals surface area contributed by atoms with Crippen LogP contribution in [0.2, 0.25) is 0 Å². The SMILES string of the molecule is C#CCC(=O)N(C)Cc1ncc[nH]1. The van der Waals surface area contributed by atoms with Crippen LogP contribution in [0.25, 0.3) is 0 Å². The third kappa shape index (κ3) is 2.64. The molecule has 0 radical (unpaired) electrons. The summed E-state index contributed by atoms with van der Waals surface area (Å²) >= 11 is 0. The first-order valence-corrected chi connectivity index (χ1v) is 3.89. The number of H-pyrrole nitrogens is 1. The first-order chi connectivity index (χ1) is 6.24. The molecule has 0 spiro atoms. The Balaban J connectivity index is 2.47. The van der Waals surface area contributed by atoms with Gasteiger partial charge in [-0.15, -0.1) is 6.42 Å². The van der Waals surface area contributed by atoms with E-state index in [4.69, 9.17) is 6.42 Å². The van der Waals surface area contributed by atoms with E-state index in [1.807, 2.05) is 0 Å². The number of hydrogen-bond donors (Lipinski definition) is 1. The Morgan fingerprint density at radius 3 is 3.15 bits per heavy atom. The van der Waals surface area contributed by atoms with Crippen molar-refractivity contribution >= 4 is 5.91 Å². The molecule has 0 aromatic carbocycles. The first-order valence-electron chi connectivity index (χ1n) is 3.89. The van der Waals surface area contributed by atoms with Crippen molar-refractivity contribution in [3.63, 3.8) is 0 Å². The fourth-order valence-electron chi connectivity index (χ4n) is 0.920. The second kappa shape index (κ2) is 4.31. The normalized spacial score (nSPS) is 9.23. The van der Waals surface area contributed by atoms with Crippen LogP contribution in [-0.2, 0) is 11.3 Å². The Bertz CT molecular complexity index is 310. The number of carbonyl (C=O) groups excluding carboxylic acids is 1. The first kappa shape index (κ1) is 9.33. The molecule has 68 valence electrons. The van der Waals surface area contributed by atoms with Gasteiger partial charge in [0.15, 0.2) is 0 Å². The maximum absolute atomic E-state index is 11.2. The average Bonchev–Trinajstić information content (AvgIpc) is 2.57. The van der Waals surface area contributed by atoms with Crippen molar-refractivity contribution in [2.45, 2.75) is 13.0 Å². The molecule has 0 atom stereocenters. The molecule has 0 bridgehead atoms. The Morgan fingerprint density at radius 1 is 1.85 bits per heavy atom. The molecule has 0 fully saturated rings. The number of hydrogen-bond acceptors (Lipinski definition) is 2. The van der Waals surface area contributed by atoms with Gasteiger partial charge in [0, 0.05) is 19.4 Å². The van der Waals surface area contributed by atoms with Gasteiger partial charge in [-0.25, -0.2) is 4.98 Å². The van der Waals surface area contributed by atoms with Crippen LogP contribution in [0.4, 0.5) is 0 Å². The van der Waals surface area contributed by atoms with Gasteiger partial charge in [0.1, 0.15) is 5.82 Å². The highest BCUT2D eigenvalue weighted by Crippen LogP contribution is 1.97. The molecule has 1 aromatic heterocycles. The summed E-state index contributed by atoms with van der Waals surface area (Å²) < 4.78 is 0. The van der Waals surface area contributed by atoms with Gasteiger partial charge in [-0.1, -0.05) is 5.92 Å². The van der Waals surface area contributed by atoms with E-state index in [1.165, 1.54) is 0 Å². The van der Waals surface area contributed by atoms with E-state index in [0.29, 0.717) is 6.54 Å². The Kier molecular flexibility index (Phi) is 3.09. The van der Waals surface area contributed by atoms with Crippen molar-refractivity contribution in [3.8, 4) is 12.3 Å². The smallest absolute Gasteiger partial charge is 0.234 e. The van der Waals surface area contributed by atoms with Crippen LogP contribution in [0.5, 0.6) is 0 Å². The van der Waals surface area contributed by atoms with Crippen LogP contribution in [0, 0.1) is 12.3 Å². The van der Waals surface area contributed by atoms with Crippen LogP contribution in [0.1, 0.15) is 12.2 Å². The molecule has 0 aliphatic rings. The van der Waals surface area contributed by atoms with Gasteiger partial charge in [0.25, 0.3) is 0 Å². The molecule has 4 heteroatoms. The molecule has 1 amide bonds. The number of terminal acetylenes is 1. The predicted molar refractivity (Wildman–Crippen MR) is 48.5 cm³/mol. The Labute approximate surface area is 77.0 Å². The third-order valence-electron chi connectivity index (χ3n) is 1.62. The van der Waals surface area contributed by atoms with Crippen LogP contribution < -0.4 is 0 Å². The van der Waals surface area contributed by atoms with E-state index in [0.717, 1.165) is 5.82 Å². The van der Waals surface area contributed by atoms with Crippen molar-refractivity contribution in [1.82, 2.24) is 14.9 Å². The summed E-state index contributed by atoms with van der Waals surface area (Å²) in [6.45, 7) is 0.466. The van der Waals surface area contributed by atoms with Crippen LogP contribution in [0.15, 0.2) is 12.4 Å². The molecule has 0 aliphatic carbocycles. The number of amides is 1. The minimum absolute atomic E-state index is 0.0705. The number of nitrogens with one attached hydrogen (secondary N) is 1. The molecule has 0 saturated carbocycles. The molecule has 0 saturated heterocycles. The van der Waals surface area contributed by atoms with Gasteiger partial charge in [-0.3, -0.25) is 4.79 Å². The topological polar surface area (TPSA) is 49.0 Å². The molecule has 0 unspecified atom stereocenters. The monoisotopic (exact) mass is 177 g/mol. The summed E-state index contributed by atoms with van der Waals surface area (Å²) in [5.41, 5.74) is 0. The van der Waals surface area contributed by atoms with Crippen molar-refractivity contribution in [2.24, 2.45) is 0 Å². The molecule has 1 heterocycles. The zero-order chi connectivity index (χ0) is 9.68. The second-order valence-corrected chi connectivity index (χ2v) is 2.67.